The van der Waals surface area contributed by atoms with Crippen LogP contribution in [0.4, 0.5) is 9.18 Å². The third kappa shape index (κ3) is 4.69. The molecule has 1 aromatic carbocycles. The second-order valence-corrected chi connectivity index (χ2v) is 6.24. The van der Waals surface area contributed by atoms with Gasteiger partial charge in [0.1, 0.15) is 5.82 Å². The van der Waals surface area contributed by atoms with E-state index >= 15 is 0 Å². The average Bonchev–Trinajstić information content (AvgIpc) is 2.96. The lowest BCUT2D eigenvalue weighted by Crippen LogP contribution is -2.36. The highest BCUT2D eigenvalue weighted by molar-refractivity contribution is 5.73. The molecule has 0 aliphatic rings. The lowest BCUT2D eigenvalue weighted by Gasteiger charge is -2.08. The maximum atomic E-state index is 12.9. The SMILES string of the molecule is Cc1nn(-c2ccccn2)c(C)c1CCNC(=O)NCc1ccc(F)cc1. The molecule has 0 saturated heterocycles. The Labute approximate surface area is 157 Å². The van der Waals surface area contributed by atoms with Crippen LogP contribution in [0.15, 0.2) is 48.7 Å². The molecule has 3 rings (SSSR count). The van der Waals surface area contributed by atoms with Crippen LogP contribution in [0.5, 0.6) is 0 Å². The van der Waals surface area contributed by atoms with Gasteiger partial charge >= 0.3 is 6.03 Å². The molecule has 2 amide bonds. The number of aromatic nitrogens is 3. The summed E-state index contributed by atoms with van der Waals surface area (Å²) in [5, 5.41) is 10.2. The van der Waals surface area contributed by atoms with Crippen molar-refractivity contribution >= 4 is 6.03 Å². The Kier molecular flexibility index (Phi) is 5.80. The van der Waals surface area contributed by atoms with Gasteiger partial charge in [-0.1, -0.05) is 18.2 Å². The summed E-state index contributed by atoms with van der Waals surface area (Å²) in [7, 11) is 0. The smallest absolute Gasteiger partial charge is 0.315 e. The van der Waals surface area contributed by atoms with Crippen LogP contribution >= 0.6 is 0 Å². The van der Waals surface area contributed by atoms with Gasteiger partial charge in [0, 0.05) is 25.0 Å². The van der Waals surface area contributed by atoms with Crippen molar-refractivity contribution < 1.29 is 9.18 Å². The first-order chi connectivity index (χ1) is 13.0. The molecule has 140 valence electrons. The van der Waals surface area contributed by atoms with Gasteiger partial charge in [-0.15, -0.1) is 0 Å². The number of hydrogen-bond donors (Lipinski definition) is 2. The molecule has 6 nitrogen and oxygen atoms in total. The summed E-state index contributed by atoms with van der Waals surface area (Å²) in [4.78, 5) is 16.3. The van der Waals surface area contributed by atoms with Crippen molar-refractivity contribution in [3.05, 3.63) is 77.0 Å². The molecule has 27 heavy (non-hydrogen) atoms. The predicted molar refractivity (Wildman–Crippen MR) is 101 cm³/mol. The van der Waals surface area contributed by atoms with Gasteiger partial charge in [-0.05, 0) is 55.7 Å². The van der Waals surface area contributed by atoms with Crippen LogP contribution in [0.3, 0.4) is 0 Å². The standard InChI is InChI=1S/C20H22FN5O/c1-14-18(15(2)26(25-14)19-5-3-4-11-22-19)10-12-23-20(27)24-13-16-6-8-17(21)9-7-16/h3-9,11H,10,12-13H2,1-2H3,(H2,23,24,27). The number of hydrogen-bond acceptors (Lipinski definition) is 3. The number of rotatable bonds is 6. The van der Waals surface area contributed by atoms with Gasteiger partial charge in [-0.25, -0.2) is 18.9 Å². The van der Waals surface area contributed by atoms with Crippen molar-refractivity contribution in [2.24, 2.45) is 0 Å². The van der Waals surface area contributed by atoms with Crippen molar-refractivity contribution in [1.29, 1.82) is 0 Å². The molecule has 0 saturated carbocycles. The number of carbonyl (C=O) groups excluding carboxylic acids is 1. The maximum absolute atomic E-state index is 12.9. The fraction of sp³-hybridized carbons (Fsp3) is 0.250. The van der Waals surface area contributed by atoms with Gasteiger partial charge in [0.15, 0.2) is 5.82 Å². The Balaban J connectivity index is 1.52. The molecule has 0 bridgehead atoms. The summed E-state index contributed by atoms with van der Waals surface area (Å²) in [6.45, 7) is 4.79. The molecule has 0 fully saturated rings. The van der Waals surface area contributed by atoms with Gasteiger partial charge < -0.3 is 10.6 Å². The zero-order valence-electron chi connectivity index (χ0n) is 15.4. The van der Waals surface area contributed by atoms with E-state index in [-0.39, 0.29) is 11.8 Å². The van der Waals surface area contributed by atoms with Gasteiger partial charge in [0.2, 0.25) is 0 Å². The number of nitrogens with one attached hydrogen (secondary N) is 2. The number of halogens is 1. The lowest BCUT2D eigenvalue weighted by molar-refractivity contribution is 0.240. The summed E-state index contributed by atoms with van der Waals surface area (Å²) in [5.41, 5.74) is 3.88. The van der Waals surface area contributed by atoms with Crippen molar-refractivity contribution in [3.63, 3.8) is 0 Å². The fourth-order valence-corrected chi connectivity index (χ4v) is 2.89. The molecule has 0 aliphatic heterocycles. The van der Waals surface area contributed by atoms with Crippen molar-refractivity contribution in [2.75, 3.05) is 6.54 Å². The zero-order chi connectivity index (χ0) is 19.2. The second kappa shape index (κ2) is 8.44. The van der Waals surface area contributed by atoms with Crippen molar-refractivity contribution in [1.82, 2.24) is 25.4 Å². The molecule has 0 atom stereocenters. The van der Waals surface area contributed by atoms with E-state index in [1.165, 1.54) is 12.1 Å². The molecule has 3 aromatic rings. The number of nitrogens with zero attached hydrogens (tertiary/aromatic N) is 3. The topological polar surface area (TPSA) is 71.8 Å². The number of carbonyl (C=O) groups is 1. The Morgan fingerprint density at radius 1 is 1.11 bits per heavy atom. The van der Waals surface area contributed by atoms with Gasteiger partial charge in [-0.2, -0.15) is 5.10 Å². The van der Waals surface area contributed by atoms with Crippen LogP contribution in [0.1, 0.15) is 22.5 Å². The van der Waals surface area contributed by atoms with Gasteiger partial charge in [0.05, 0.1) is 5.69 Å². The summed E-state index contributed by atoms with van der Waals surface area (Å²) in [6, 6.07) is 11.5. The first-order valence-electron chi connectivity index (χ1n) is 8.77. The number of benzene rings is 1. The van der Waals surface area contributed by atoms with E-state index in [9.17, 15) is 9.18 Å². The second-order valence-electron chi connectivity index (χ2n) is 6.24. The van der Waals surface area contributed by atoms with Crippen LogP contribution in [-0.4, -0.2) is 27.3 Å². The van der Waals surface area contributed by atoms with Crippen LogP contribution < -0.4 is 10.6 Å². The summed E-state index contributed by atoms with van der Waals surface area (Å²) in [6.07, 6.45) is 2.41. The minimum Gasteiger partial charge on any atom is -0.338 e. The number of aryl methyl sites for hydroxylation is 1. The Morgan fingerprint density at radius 2 is 1.89 bits per heavy atom. The van der Waals surface area contributed by atoms with Crippen LogP contribution in [-0.2, 0) is 13.0 Å². The van der Waals surface area contributed by atoms with Gasteiger partial charge in [-0.3, -0.25) is 0 Å². The summed E-state index contributed by atoms with van der Waals surface area (Å²) >= 11 is 0. The fourth-order valence-electron chi connectivity index (χ4n) is 2.89. The highest BCUT2D eigenvalue weighted by Crippen LogP contribution is 2.16. The van der Waals surface area contributed by atoms with E-state index in [2.05, 4.69) is 20.7 Å². The van der Waals surface area contributed by atoms with E-state index in [1.807, 2.05) is 36.7 Å². The number of amides is 2. The molecular formula is C20H22FN5O. The minimum atomic E-state index is -0.291. The summed E-state index contributed by atoms with van der Waals surface area (Å²) < 4.78 is 14.7. The highest BCUT2D eigenvalue weighted by Gasteiger charge is 2.13. The quantitative estimate of drug-likeness (QED) is 0.703. The van der Waals surface area contributed by atoms with E-state index in [4.69, 9.17) is 0 Å². The van der Waals surface area contributed by atoms with E-state index in [0.717, 1.165) is 28.3 Å². The third-order valence-corrected chi connectivity index (χ3v) is 4.33. The van der Waals surface area contributed by atoms with Crippen LogP contribution in [0.2, 0.25) is 0 Å². The minimum absolute atomic E-state index is 0.258. The lowest BCUT2D eigenvalue weighted by atomic mass is 10.1. The van der Waals surface area contributed by atoms with E-state index in [0.29, 0.717) is 19.5 Å². The van der Waals surface area contributed by atoms with Crippen LogP contribution in [0.25, 0.3) is 5.82 Å². The molecular weight excluding hydrogens is 345 g/mol. The van der Waals surface area contributed by atoms with Gasteiger partial charge in [0.25, 0.3) is 0 Å². The average molecular weight is 367 g/mol. The zero-order valence-corrected chi connectivity index (χ0v) is 15.4. The molecule has 0 unspecified atom stereocenters. The molecule has 0 aliphatic carbocycles. The van der Waals surface area contributed by atoms with E-state index in [1.54, 1.807) is 18.3 Å². The molecule has 2 aromatic heterocycles. The maximum Gasteiger partial charge on any atom is 0.315 e. The normalized spacial score (nSPS) is 10.6. The van der Waals surface area contributed by atoms with Crippen molar-refractivity contribution in [3.8, 4) is 5.82 Å². The Hall–Kier alpha value is -3.22. The molecule has 7 heteroatoms. The molecule has 2 heterocycles. The van der Waals surface area contributed by atoms with E-state index < -0.39 is 0 Å². The largest absolute Gasteiger partial charge is 0.338 e. The highest BCUT2D eigenvalue weighted by atomic mass is 19.1. The van der Waals surface area contributed by atoms with Crippen LogP contribution in [0, 0.1) is 19.7 Å². The number of pyridine rings is 1. The Bertz CT molecular complexity index is 906. The van der Waals surface area contributed by atoms with Crippen molar-refractivity contribution in [2.45, 2.75) is 26.8 Å². The first kappa shape index (κ1) is 18.6. The molecule has 0 spiro atoms. The Morgan fingerprint density at radius 3 is 2.59 bits per heavy atom. The molecule has 0 radical (unpaired) electrons. The molecule has 2 N–H and O–H groups in total. The monoisotopic (exact) mass is 367 g/mol. The number of urea groups is 1. The first-order valence-corrected chi connectivity index (χ1v) is 8.77. The summed E-state index contributed by atoms with van der Waals surface area (Å²) in [5.74, 6) is 0.481. The predicted octanol–water partition coefficient (Wildman–Crippen LogP) is 3.07. The third-order valence-electron chi connectivity index (χ3n) is 4.33.